The number of carbonyl (C=O) groups excluding carboxylic acids is 1. The third-order valence-corrected chi connectivity index (χ3v) is 5.67. The summed E-state index contributed by atoms with van der Waals surface area (Å²) < 4.78 is 32.7. The average Bonchev–Trinajstić information content (AvgIpc) is 2.82. The van der Waals surface area contributed by atoms with E-state index in [4.69, 9.17) is 4.74 Å². The molecule has 2 atom stereocenters. The number of anilines is 1. The Morgan fingerprint density at radius 3 is 2.73 bits per heavy atom. The molecule has 1 aliphatic heterocycles. The predicted octanol–water partition coefficient (Wildman–Crippen LogP) is 3.39. The Hall–Kier alpha value is -3.66. The van der Waals surface area contributed by atoms with Crippen LogP contribution in [0.1, 0.15) is 31.2 Å². The molecule has 8 nitrogen and oxygen atoms in total. The summed E-state index contributed by atoms with van der Waals surface area (Å²) >= 11 is 0. The Bertz CT molecular complexity index is 1110. The van der Waals surface area contributed by atoms with Crippen molar-refractivity contribution in [3.63, 3.8) is 0 Å². The second-order valence-corrected chi connectivity index (χ2v) is 7.91. The third kappa shape index (κ3) is 5.58. The first-order valence-electron chi connectivity index (χ1n) is 10.6. The maximum Gasteiger partial charge on any atom is 0.242 e. The Morgan fingerprint density at radius 2 is 2.03 bits per heavy atom. The van der Waals surface area contributed by atoms with Gasteiger partial charge in [0.25, 0.3) is 0 Å². The van der Waals surface area contributed by atoms with Crippen LogP contribution in [0.2, 0.25) is 0 Å². The summed E-state index contributed by atoms with van der Waals surface area (Å²) in [7, 11) is 0. The lowest BCUT2D eigenvalue weighted by molar-refractivity contribution is -0.605. The second-order valence-electron chi connectivity index (χ2n) is 7.91. The lowest BCUT2D eigenvalue weighted by atomic mass is 9.90. The molecule has 10 heteroatoms. The number of nitrogens with one attached hydrogen (secondary N) is 1. The van der Waals surface area contributed by atoms with Crippen LogP contribution in [0.4, 0.5) is 14.6 Å². The molecule has 1 fully saturated rings. The van der Waals surface area contributed by atoms with Crippen molar-refractivity contribution in [1.29, 1.82) is 0 Å². The van der Waals surface area contributed by atoms with E-state index in [0.717, 1.165) is 41.8 Å². The maximum absolute atomic E-state index is 13.7. The van der Waals surface area contributed by atoms with Crippen molar-refractivity contribution >= 4 is 11.7 Å². The average molecular weight is 455 g/mol. The number of likely N-dealkylation sites (tertiary alicyclic amines) is 1. The molecule has 1 aliphatic rings. The highest BCUT2D eigenvalue weighted by Gasteiger charge is 2.28. The molecule has 2 unspecified atom stereocenters. The fourth-order valence-electron chi connectivity index (χ4n) is 3.83. The number of hydrogen-bond acceptors (Lipinski definition) is 6. The molecule has 0 bridgehead atoms. The highest BCUT2D eigenvalue weighted by Crippen LogP contribution is 2.28. The Kier molecular flexibility index (Phi) is 6.74. The largest absolute Gasteiger partial charge is 0.619 e. The van der Waals surface area contributed by atoms with E-state index in [0.29, 0.717) is 12.6 Å². The van der Waals surface area contributed by atoms with Crippen molar-refractivity contribution in [2.24, 2.45) is 0 Å². The van der Waals surface area contributed by atoms with Crippen molar-refractivity contribution in [1.82, 2.24) is 14.9 Å². The zero-order valence-electron chi connectivity index (χ0n) is 17.9. The Morgan fingerprint density at radius 1 is 1.24 bits per heavy atom. The molecule has 0 radical (unpaired) electrons. The number of carbonyl (C=O) groups is 1. The van der Waals surface area contributed by atoms with Crippen molar-refractivity contribution < 1.29 is 23.0 Å². The molecule has 0 saturated carbocycles. The van der Waals surface area contributed by atoms with Crippen LogP contribution in [0.5, 0.6) is 11.6 Å². The van der Waals surface area contributed by atoms with E-state index < -0.39 is 17.7 Å². The number of piperidine rings is 1. The maximum atomic E-state index is 13.7. The zero-order valence-corrected chi connectivity index (χ0v) is 17.9. The van der Waals surface area contributed by atoms with Gasteiger partial charge in [0.15, 0.2) is 29.8 Å². The first-order chi connectivity index (χ1) is 15.9. The fourth-order valence-corrected chi connectivity index (χ4v) is 3.83. The van der Waals surface area contributed by atoms with Crippen molar-refractivity contribution in [3.8, 4) is 11.6 Å². The van der Waals surface area contributed by atoms with Gasteiger partial charge in [-0.05, 0) is 49.9 Å². The molecule has 1 amide bonds. The van der Waals surface area contributed by atoms with Gasteiger partial charge in [-0.25, -0.2) is 18.7 Å². The first-order valence-corrected chi connectivity index (χ1v) is 10.6. The molecule has 1 saturated heterocycles. The van der Waals surface area contributed by atoms with E-state index in [2.05, 4.69) is 20.2 Å². The van der Waals surface area contributed by atoms with Gasteiger partial charge in [-0.2, -0.15) is 4.73 Å². The summed E-state index contributed by atoms with van der Waals surface area (Å²) in [5.41, 5.74) is 1.08. The fraction of sp³-hybridized carbons (Fsp3) is 0.304. The first kappa shape index (κ1) is 22.5. The summed E-state index contributed by atoms with van der Waals surface area (Å²) in [6.45, 7) is 3.33. The quantitative estimate of drug-likeness (QED) is 0.452. The normalized spacial score (nSPS) is 17.4. The van der Waals surface area contributed by atoms with Gasteiger partial charge < -0.3 is 15.3 Å². The van der Waals surface area contributed by atoms with E-state index in [9.17, 15) is 18.8 Å². The Balaban J connectivity index is 1.34. The van der Waals surface area contributed by atoms with Gasteiger partial charge >= 0.3 is 0 Å². The highest BCUT2D eigenvalue weighted by molar-refractivity contribution is 5.93. The number of rotatable bonds is 6. The summed E-state index contributed by atoms with van der Waals surface area (Å²) in [6, 6.07) is 6.19. The number of benzene rings is 1. The number of nitrogens with zero attached hydrogens (tertiary/aromatic N) is 4. The molecule has 2 aromatic heterocycles. The molecular weight excluding hydrogens is 432 g/mol. The van der Waals surface area contributed by atoms with Crippen LogP contribution in [-0.2, 0) is 4.79 Å². The van der Waals surface area contributed by atoms with Gasteiger partial charge in [-0.3, -0.25) is 9.69 Å². The number of halogens is 2. The number of amides is 1. The van der Waals surface area contributed by atoms with Crippen LogP contribution in [0, 0.1) is 16.8 Å². The summed E-state index contributed by atoms with van der Waals surface area (Å²) in [5.74, 6) is -1.49. The number of aromatic nitrogens is 3. The van der Waals surface area contributed by atoms with E-state index in [1.54, 1.807) is 0 Å². The molecule has 33 heavy (non-hydrogen) atoms. The molecule has 3 heterocycles. The highest BCUT2D eigenvalue weighted by atomic mass is 19.1. The zero-order chi connectivity index (χ0) is 23.4. The van der Waals surface area contributed by atoms with Crippen LogP contribution >= 0.6 is 0 Å². The van der Waals surface area contributed by atoms with E-state index in [1.807, 2.05) is 19.1 Å². The molecule has 1 aromatic carbocycles. The molecule has 1 N–H and O–H groups in total. The van der Waals surface area contributed by atoms with Crippen LogP contribution in [-0.4, -0.2) is 39.9 Å². The summed E-state index contributed by atoms with van der Waals surface area (Å²) in [5, 5.41) is 14.0. The minimum Gasteiger partial charge on any atom is -0.619 e. The van der Waals surface area contributed by atoms with Crippen LogP contribution in [0.25, 0.3) is 0 Å². The van der Waals surface area contributed by atoms with Gasteiger partial charge in [0, 0.05) is 24.7 Å². The molecule has 3 aromatic rings. The van der Waals surface area contributed by atoms with Crippen molar-refractivity contribution in [3.05, 3.63) is 77.5 Å². The van der Waals surface area contributed by atoms with E-state index >= 15 is 0 Å². The molecule has 0 spiro atoms. The van der Waals surface area contributed by atoms with Gasteiger partial charge in [-0.15, -0.1) is 0 Å². The minimum atomic E-state index is -0.856. The van der Waals surface area contributed by atoms with Crippen molar-refractivity contribution in [2.45, 2.75) is 31.7 Å². The van der Waals surface area contributed by atoms with Gasteiger partial charge in [-0.1, -0.05) is 0 Å². The van der Waals surface area contributed by atoms with E-state index in [1.165, 1.54) is 24.8 Å². The number of ether oxygens (including phenoxy) is 1. The number of pyridine rings is 1. The topological polar surface area (TPSA) is 94.3 Å². The van der Waals surface area contributed by atoms with Crippen LogP contribution < -0.4 is 14.8 Å². The van der Waals surface area contributed by atoms with Gasteiger partial charge in [0.1, 0.15) is 5.82 Å². The summed E-state index contributed by atoms with van der Waals surface area (Å²) in [6.07, 6.45) is 7.47. The Labute approximate surface area is 189 Å². The lowest BCUT2D eigenvalue weighted by Crippen LogP contribution is -2.46. The lowest BCUT2D eigenvalue weighted by Gasteiger charge is -2.36. The van der Waals surface area contributed by atoms with Gasteiger partial charge in [0.2, 0.25) is 11.8 Å². The molecule has 4 rings (SSSR count). The second kappa shape index (κ2) is 9.86. The number of hydrogen-bond donors (Lipinski definition) is 1. The predicted molar refractivity (Wildman–Crippen MR) is 116 cm³/mol. The van der Waals surface area contributed by atoms with Crippen LogP contribution in [0.15, 0.2) is 55.1 Å². The molecule has 0 aliphatic carbocycles. The SMILES string of the molecule is CC(C(=O)Nc1cnc(Oc2ccc(F)cc2F)cn1)N1CCCC(c2cc[n+]([O-])cc2)C1. The van der Waals surface area contributed by atoms with Crippen molar-refractivity contribution in [2.75, 3.05) is 18.4 Å². The summed E-state index contributed by atoms with van der Waals surface area (Å²) in [4.78, 5) is 23.0. The standard InChI is InChI=1S/C23H23F2N5O3/c1-15(29-8-2-3-17(14-29)16-6-9-30(32)10-7-16)23(31)28-21-12-27-22(13-26-21)33-20-5-4-18(24)11-19(20)25/h4-7,9-13,15,17H,2-3,8,14H2,1H3,(H,26,28,31). The monoisotopic (exact) mass is 455 g/mol. The van der Waals surface area contributed by atoms with Crippen LogP contribution in [0.3, 0.4) is 0 Å². The molecule has 172 valence electrons. The smallest absolute Gasteiger partial charge is 0.242 e. The minimum absolute atomic E-state index is 0.00712. The van der Waals surface area contributed by atoms with E-state index in [-0.39, 0.29) is 29.3 Å². The molecular formula is C23H23F2N5O3. The third-order valence-electron chi connectivity index (χ3n) is 5.67. The van der Waals surface area contributed by atoms with Gasteiger partial charge in [0.05, 0.1) is 18.4 Å².